The number of rotatable bonds is 4. The molecule has 2 amide bonds. The third-order valence-corrected chi connectivity index (χ3v) is 1.95. The van der Waals surface area contributed by atoms with Crippen LogP contribution in [0, 0.1) is 0 Å². The molecule has 1 aromatic carbocycles. The van der Waals surface area contributed by atoms with Gasteiger partial charge in [0.25, 0.3) is 5.91 Å². The summed E-state index contributed by atoms with van der Waals surface area (Å²) < 4.78 is 0. The molecule has 0 saturated carbocycles. The van der Waals surface area contributed by atoms with Crippen LogP contribution in [0.1, 0.15) is 17.3 Å². The molecule has 0 saturated heterocycles. The van der Waals surface area contributed by atoms with Crippen LogP contribution < -0.4 is 10.6 Å². The second kappa shape index (κ2) is 5.74. The molecule has 0 heterocycles. The van der Waals surface area contributed by atoms with E-state index >= 15 is 0 Å². The molecule has 0 atom stereocenters. The lowest BCUT2D eigenvalue weighted by Gasteiger charge is -2.06. The van der Waals surface area contributed by atoms with E-state index in [2.05, 4.69) is 10.6 Å². The summed E-state index contributed by atoms with van der Waals surface area (Å²) in [6.07, 6.45) is 0. The van der Waals surface area contributed by atoms with Crippen LogP contribution in [0.3, 0.4) is 0 Å². The first-order chi connectivity index (χ1) is 7.99. The number of phenols is 2. The van der Waals surface area contributed by atoms with Gasteiger partial charge < -0.3 is 20.8 Å². The van der Waals surface area contributed by atoms with Crippen molar-refractivity contribution in [2.75, 3.05) is 13.1 Å². The Kier molecular flexibility index (Phi) is 4.33. The number of hydrogen-bond donors (Lipinski definition) is 4. The summed E-state index contributed by atoms with van der Waals surface area (Å²) in [5.74, 6) is -0.968. The Morgan fingerprint density at radius 1 is 1.06 bits per heavy atom. The van der Waals surface area contributed by atoms with Crippen molar-refractivity contribution in [3.05, 3.63) is 23.8 Å². The smallest absolute Gasteiger partial charge is 0.251 e. The van der Waals surface area contributed by atoms with Crippen molar-refractivity contribution in [2.45, 2.75) is 6.92 Å². The van der Waals surface area contributed by atoms with Crippen molar-refractivity contribution in [2.24, 2.45) is 0 Å². The first-order valence-corrected chi connectivity index (χ1v) is 5.04. The van der Waals surface area contributed by atoms with Gasteiger partial charge in [-0.2, -0.15) is 0 Å². The first kappa shape index (κ1) is 12.8. The van der Waals surface area contributed by atoms with Gasteiger partial charge in [0.2, 0.25) is 5.91 Å². The molecule has 0 aliphatic carbocycles. The van der Waals surface area contributed by atoms with Crippen LogP contribution in [0.25, 0.3) is 0 Å². The predicted octanol–water partition coefficient (Wildman–Crippen LogP) is -0.0363. The van der Waals surface area contributed by atoms with Crippen molar-refractivity contribution >= 4 is 11.8 Å². The fraction of sp³-hybridized carbons (Fsp3) is 0.273. The number of phenolic OH excluding ortho intramolecular Hbond substituents is 2. The van der Waals surface area contributed by atoms with Gasteiger partial charge in [-0.15, -0.1) is 0 Å². The van der Waals surface area contributed by atoms with Gasteiger partial charge >= 0.3 is 0 Å². The number of aromatic hydroxyl groups is 2. The lowest BCUT2D eigenvalue weighted by atomic mass is 10.2. The molecule has 4 N–H and O–H groups in total. The third-order valence-electron chi connectivity index (χ3n) is 1.95. The van der Waals surface area contributed by atoms with Crippen LogP contribution in [-0.2, 0) is 4.79 Å². The van der Waals surface area contributed by atoms with Crippen molar-refractivity contribution in [1.82, 2.24) is 10.6 Å². The molecule has 6 heteroatoms. The minimum absolute atomic E-state index is 0.158. The summed E-state index contributed by atoms with van der Waals surface area (Å²) in [7, 11) is 0. The summed E-state index contributed by atoms with van der Waals surface area (Å²) in [5, 5.41) is 23.4. The second-order valence-electron chi connectivity index (χ2n) is 3.48. The SMILES string of the molecule is CC(=O)NCCNC(=O)c1cc(O)cc(O)c1. The highest BCUT2D eigenvalue weighted by molar-refractivity contribution is 5.95. The van der Waals surface area contributed by atoms with Crippen LogP contribution in [-0.4, -0.2) is 35.1 Å². The van der Waals surface area contributed by atoms with Gasteiger partial charge in [-0.1, -0.05) is 0 Å². The molecule has 1 rings (SSSR count). The van der Waals surface area contributed by atoms with E-state index in [4.69, 9.17) is 0 Å². The molecule has 17 heavy (non-hydrogen) atoms. The maximum Gasteiger partial charge on any atom is 0.251 e. The molecule has 6 nitrogen and oxygen atoms in total. The Bertz CT molecular complexity index is 411. The average Bonchev–Trinajstić information content (AvgIpc) is 2.22. The van der Waals surface area contributed by atoms with E-state index in [0.717, 1.165) is 6.07 Å². The quantitative estimate of drug-likeness (QED) is 0.553. The van der Waals surface area contributed by atoms with E-state index in [1.807, 2.05) is 0 Å². The standard InChI is InChI=1S/C11H14N2O4/c1-7(14)12-2-3-13-11(17)8-4-9(15)6-10(16)5-8/h4-6,15-16H,2-3H2,1H3,(H,12,14)(H,13,17). The molecule has 0 aliphatic heterocycles. The maximum absolute atomic E-state index is 11.5. The van der Waals surface area contributed by atoms with Gasteiger partial charge in [0.15, 0.2) is 0 Å². The molecule has 92 valence electrons. The first-order valence-electron chi connectivity index (χ1n) is 5.04. The summed E-state index contributed by atoms with van der Waals surface area (Å²) in [6.45, 7) is 1.98. The summed E-state index contributed by atoms with van der Waals surface area (Å²) in [5.41, 5.74) is 0.158. The van der Waals surface area contributed by atoms with Crippen molar-refractivity contribution in [3.8, 4) is 11.5 Å². The normalized spacial score (nSPS) is 9.71. The summed E-state index contributed by atoms with van der Waals surface area (Å²) >= 11 is 0. The Labute approximate surface area is 98.3 Å². The highest BCUT2D eigenvalue weighted by atomic mass is 16.3. The number of amides is 2. The molecular weight excluding hydrogens is 224 g/mol. The largest absolute Gasteiger partial charge is 0.508 e. The molecule has 0 radical (unpaired) electrons. The van der Waals surface area contributed by atoms with Crippen LogP contribution in [0.4, 0.5) is 0 Å². The summed E-state index contributed by atoms with van der Waals surface area (Å²) in [6, 6.07) is 3.62. The highest BCUT2D eigenvalue weighted by Gasteiger charge is 2.07. The van der Waals surface area contributed by atoms with E-state index in [1.54, 1.807) is 0 Å². The molecule has 1 aromatic rings. The molecule has 0 spiro atoms. The van der Waals surface area contributed by atoms with E-state index in [-0.39, 0.29) is 29.5 Å². The minimum atomic E-state index is -0.429. The molecule has 0 fully saturated rings. The molecule has 0 unspecified atom stereocenters. The minimum Gasteiger partial charge on any atom is -0.508 e. The summed E-state index contributed by atoms with van der Waals surface area (Å²) in [4.78, 5) is 22.1. The van der Waals surface area contributed by atoms with Gasteiger partial charge in [-0.25, -0.2) is 0 Å². The Balaban J connectivity index is 2.49. The predicted molar refractivity (Wildman–Crippen MR) is 60.8 cm³/mol. The van der Waals surface area contributed by atoms with Crippen LogP contribution in [0.15, 0.2) is 18.2 Å². The lowest BCUT2D eigenvalue weighted by molar-refractivity contribution is -0.118. The number of hydrogen-bond acceptors (Lipinski definition) is 4. The highest BCUT2D eigenvalue weighted by Crippen LogP contribution is 2.19. The number of benzene rings is 1. The third kappa shape index (κ3) is 4.42. The molecular formula is C11H14N2O4. The zero-order valence-electron chi connectivity index (χ0n) is 9.36. The van der Waals surface area contributed by atoms with E-state index in [1.165, 1.54) is 19.1 Å². The van der Waals surface area contributed by atoms with Gasteiger partial charge in [-0.3, -0.25) is 9.59 Å². The Morgan fingerprint density at radius 2 is 1.59 bits per heavy atom. The fourth-order valence-electron chi connectivity index (χ4n) is 1.24. The van der Waals surface area contributed by atoms with E-state index in [9.17, 15) is 19.8 Å². The van der Waals surface area contributed by atoms with Gasteiger partial charge in [0.1, 0.15) is 11.5 Å². The monoisotopic (exact) mass is 238 g/mol. The van der Waals surface area contributed by atoms with Crippen molar-refractivity contribution in [1.29, 1.82) is 0 Å². The number of nitrogens with one attached hydrogen (secondary N) is 2. The second-order valence-corrected chi connectivity index (χ2v) is 3.48. The molecule has 0 bridgehead atoms. The lowest BCUT2D eigenvalue weighted by Crippen LogP contribution is -2.33. The maximum atomic E-state index is 11.5. The van der Waals surface area contributed by atoms with Gasteiger partial charge in [0.05, 0.1) is 0 Å². The molecule has 0 aromatic heterocycles. The Morgan fingerprint density at radius 3 is 2.12 bits per heavy atom. The van der Waals surface area contributed by atoms with E-state index in [0.29, 0.717) is 6.54 Å². The average molecular weight is 238 g/mol. The zero-order valence-corrected chi connectivity index (χ0v) is 9.36. The zero-order chi connectivity index (χ0) is 12.8. The molecule has 0 aliphatic rings. The van der Waals surface area contributed by atoms with Crippen LogP contribution in [0.2, 0.25) is 0 Å². The topological polar surface area (TPSA) is 98.7 Å². The van der Waals surface area contributed by atoms with Crippen molar-refractivity contribution in [3.63, 3.8) is 0 Å². The van der Waals surface area contributed by atoms with Crippen LogP contribution in [0.5, 0.6) is 11.5 Å². The van der Waals surface area contributed by atoms with E-state index < -0.39 is 5.91 Å². The number of carbonyl (C=O) groups excluding carboxylic acids is 2. The Hall–Kier alpha value is -2.24. The fourth-order valence-corrected chi connectivity index (χ4v) is 1.24. The van der Waals surface area contributed by atoms with Crippen LogP contribution >= 0.6 is 0 Å². The van der Waals surface area contributed by atoms with Gasteiger partial charge in [0, 0.05) is 31.6 Å². The van der Waals surface area contributed by atoms with Gasteiger partial charge in [-0.05, 0) is 12.1 Å². The number of carbonyl (C=O) groups is 2. The van der Waals surface area contributed by atoms with Crippen molar-refractivity contribution < 1.29 is 19.8 Å².